The fraction of sp³-hybridized carbons (Fsp3) is 1.00. The van der Waals surface area contributed by atoms with E-state index in [0.29, 0.717) is 12.8 Å². The van der Waals surface area contributed by atoms with Crippen molar-refractivity contribution >= 4 is 0 Å². The van der Waals surface area contributed by atoms with Crippen LogP contribution in [0.25, 0.3) is 0 Å². The van der Waals surface area contributed by atoms with Gasteiger partial charge in [0, 0.05) is 25.5 Å². The number of rotatable bonds is 2. The van der Waals surface area contributed by atoms with Crippen LogP contribution in [-0.4, -0.2) is 35.4 Å². The van der Waals surface area contributed by atoms with Crippen molar-refractivity contribution < 1.29 is 18.6 Å². The zero-order chi connectivity index (χ0) is 12.0. The molecule has 16 heavy (non-hydrogen) atoms. The molecule has 0 aromatic carbocycles. The Labute approximate surface area is 94.0 Å². The molecule has 0 aromatic heterocycles. The first-order chi connectivity index (χ1) is 7.30. The normalized spacial score (nSPS) is 41.4. The smallest absolute Gasteiger partial charge is 0.248 e. The predicted molar refractivity (Wildman–Crippen MR) is 55.3 cm³/mol. The second kappa shape index (κ2) is 3.62. The van der Waals surface area contributed by atoms with Gasteiger partial charge in [0.25, 0.3) is 0 Å². The predicted octanol–water partition coefficient (Wildman–Crippen LogP) is 1.43. The number of halogens is 2. The Bertz CT molecular complexity index is 267. The highest BCUT2D eigenvalue weighted by atomic mass is 19.3. The van der Waals surface area contributed by atoms with Gasteiger partial charge in [-0.15, -0.1) is 0 Å². The van der Waals surface area contributed by atoms with Gasteiger partial charge in [-0.3, -0.25) is 0 Å². The second-order valence-electron chi connectivity index (χ2n) is 5.31. The molecule has 3 N–H and O–H groups in total. The largest absolute Gasteiger partial charge is 0.388 e. The van der Waals surface area contributed by atoms with Gasteiger partial charge in [-0.25, -0.2) is 8.78 Å². The fourth-order valence-corrected chi connectivity index (χ4v) is 2.83. The number of nitrogens with two attached hydrogens (primary N) is 1. The first-order valence-corrected chi connectivity index (χ1v) is 5.72. The lowest BCUT2D eigenvalue weighted by atomic mass is 9.59. The summed E-state index contributed by atoms with van der Waals surface area (Å²) >= 11 is 0. The highest BCUT2D eigenvalue weighted by molar-refractivity contribution is 5.14. The van der Waals surface area contributed by atoms with Gasteiger partial charge in [-0.05, 0) is 25.7 Å². The molecular weight excluding hydrogens is 216 g/mol. The number of alkyl halides is 2. The molecule has 0 saturated heterocycles. The van der Waals surface area contributed by atoms with Crippen LogP contribution in [0.15, 0.2) is 0 Å². The molecule has 0 bridgehead atoms. The number of hydrogen-bond acceptors (Lipinski definition) is 3. The van der Waals surface area contributed by atoms with E-state index in [9.17, 15) is 13.9 Å². The molecule has 0 unspecified atom stereocenters. The van der Waals surface area contributed by atoms with E-state index in [1.165, 1.54) is 0 Å². The maximum absolute atomic E-state index is 13.0. The Morgan fingerprint density at radius 1 is 1.19 bits per heavy atom. The van der Waals surface area contributed by atoms with Crippen molar-refractivity contribution in [3.63, 3.8) is 0 Å². The maximum Gasteiger partial charge on any atom is 0.248 e. The van der Waals surface area contributed by atoms with Crippen molar-refractivity contribution in [3.8, 4) is 0 Å². The fourth-order valence-electron chi connectivity index (χ4n) is 2.83. The Hall–Kier alpha value is -0.260. The van der Waals surface area contributed by atoms with Crippen LogP contribution >= 0.6 is 0 Å². The Kier molecular flexibility index (Phi) is 2.76. The zero-order valence-corrected chi connectivity index (χ0v) is 9.51. The molecule has 0 aliphatic heterocycles. The van der Waals surface area contributed by atoms with Crippen LogP contribution in [0.1, 0.15) is 38.5 Å². The second-order valence-corrected chi connectivity index (χ2v) is 5.31. The molecule has 2 aliphatic rings. The highest BCUT2D eigenvalue weighted by Crippen LogP contribution is 2.49. The van der Waals surface area contributed by atoms with Gasteiger partial charge in [-0.1, -0.05) is 0 Å². The number of methoxy groups -OCH3 is 1. The standard InChI is InChI=1S/C11H19F2NO2/c1-16-8-6-9(14,7-8)10(15)2-4-11(12,13)5-3-10/h8,15H,2-7,14H2,1H3. The lowest BCUT2D eigenvalue weighted by Crippen LogP contribution is -2.70. The monoisotopic (exact) mass is 235 g/mol. The first kappa shape index (κ1) is 12.2. The maximum atomic E-state index is 13.0. The number of hydrogen-bond donors (Lipinski definition) is 2. The summed E-state index contributed by atoms with van der Waals surface area (Å²) in [6.07, 6.45) is 0.841. The molecule has 0 radical (unpaired) electrons. The lowest BCUT2D eigenvalue weighted by Gasteiger charge is -2.55. The van der Waals surface area contributed by atoms with Crippen LogP contribution in [0.3, 0.4) is 0 Å². The molecule has 2 aliphatic carbocycles. The van der Waals surface area contributed by atoms with E-state index in [2.05, 4.69) is 0 Å². The highest BCUT2D eigenvalue weighted by Gasteiger charge is 2.58. The minimum atomic E-state index is -2.63. The SMILES string of the molecule is COC1CC(N)(C2(O)CCC(F)(F)CC2)C1. The van der Waals surface area contributed by atoms with Gasteiger partial charge >= 0.3 is 0 Å². The van der Waals surface area contributed by atoms with Gasteiger partial charge in [0.2, 0.25) is 5.92 Å². The van der Waals surface area contributed by atoms with Crippen molar-refractivity contribution in [2.45, 2.75) is 61.7 Å². The quantitative estimate of drug-likeness (QED) is 0.761. The summed E-state index contributed by atoms with van der Waals surface area (Å²) in [7, 11) is 1.60. The molecule has 2 fully saturated rings. The Morgan fingerprint density at radius 3 is 2.12 bits per heavy atom. The molecule has 94 valence electrons. The number of aliphatic hydroxyl groups is 1. The van der Waals surface area contributed by atoms with Crippen LogP contribution in [0.5, 0.6) is 0 Å². The Morgan fingerprint density at radius 2 is 1.69 bits per heavy atom. The number of ether oxygens (including phenoxy) is 1. The average molecular weight is 235 g/mol. The minimum absolute atomic E-state index is 0.0662. The third kappa shape index (κ3) is 1.85. The molecule has 0 spiro atoms. The van der Waals surface area contributed by atoms with E-state index < -0.39 is 17.1 Å². The molecule has 0 heterocycles. The van der Waals surface area contributed by atoms with Crippen LogP contribution in [0.4, 0.5) is 8.78 Å². The minimum Gasteiger partial charge on any atom is -0.388 e. The van der Waals surface area contributed by atoms with E-state index in [1.807, 2.05) is 0 Å². The first-order valence-electron chi connectivity index (χ1n) is 5.72. The summed E-state index contributed by atoms with van der Waals surface area (Å²) in [5.74, 6) is -2.63. The molecule has 0 amide bonds. The van der Waals surface area contributed by atoms with Crippen molar-refractivity contribution in [3.05, 3.63) is 0 Å². The summed E-state index contributed by atoms with van der Waals surface area (Å²) < 4.78 is 31.2. The van der Waals surface area contributed by atoms with E-state index >= 15 is 0 Å². The average Bonchev–Trinajstić information content (AvgIpc) is 2.18. The topological polar surface area (TPSA) is 55.5 Å². The molecule has 5 heteroatoms. The van der Waals surface area contributed by atoms with Crippen molar-refractivity contribution in [1.29, 1.82) is 0 Å². The van der Waals surface area contributed by atoms with Crippen molar-refractivity contribution in [2.24, 2.45) is 5.73 Å². The lowest BCUT2D eigenvalue weighted by molar-refractivity contribution is -0.173. The summed E-state index contributed by atoms with van der Waals surface area (Å²) in [5.41, 5.74) is 4.22. The van der Waals surface area contributed by atoms with Crippen LogP contribution in [0.2, 0.25) is 0 Å². The Balaban J connectivity index is 2.00. The van der Waals surface area contributed by atoms with Gasteiger partial charge < -0.3 is 15.6 Å². The van der Waals surface area contributed by atoms with Crippen LogP contribution in [-0.2, 0) is 4.74 Å². The molecule has 2 saturated carbocycles. The van der Waals surface area contributed by atoms with Gasteiger partial charge in [0.15, 0.2) is 0 Å². The summed E-state index contributed by atoms with van der Waals surface area (Å²) in [5, 5.41) is 10.4. The zero-order valence-electron chi connectivity index (χ0n) is 9.51. The van der Waals surface area contributed by atoms with E-state index in [4.69, 9.17) is 10.5 Å². The van der Waals surface area contributed by atoms with Crippen LogP contribution in [0, 0.1) is 0 Å². The van der Waals surface area contributed by atoms with Gasteiger partial charge in [0.05, 0.1) is 11.7 Å². The van der Waals surface area contributed by atoms with Gasteiger partial charge in [0.1, 0.15) is 0 Å². The molecule has 3 nitrogen and oxygen atoms in total. The molecule has 2 rings (SSSR count). The van der Waals surface area contributed by atoms with Crippen LogP contribution < -0.4 is 5.73 Å². The molecule has 0 aromatic rings. The van der Waals surface area contributed by atoms with E-state index in [0.717, 1.165) is 0 Å². The van der Waals surface area contributed by atoms with Crippen molar-refractivity contribution in [2.75, 3.05) is 7.11 Å². The third-order valence-corrected chi connectivity index (χ3v) is 4.25. The molecule has 0 atom stereocenters. The van der Waals surface area contributed by atoms with Gasteiger partial charge in [-0.2, -0.15) is 0 Å². The summed E-state index contributed by atoms with van der Waals surface area (Å²) in [4.78, 5) is 0. The van der Waals surface area contributed by atoms with Crippen molar-refractivity contribution in [1.82, 2.24) is 0 Å². The summed E-state index contributed by atoms with van der Waals surface area (Å²) in [6.45, 7) is 0. The summed E-state index contributed by atoms with van der Waals surface area (Å²) in [6, 6.07) is 0. The third-order valence-electron chi connectivity index (χ3n) is 4.25. The van der Waals surface area contributed by atoms with E-state index in [1.54, 1.807) is 7.11 Å². The van der Waals surface area contributed by atoms with E-state index in [-0.39, 0.29) is 31.8 Å². The molecular formula is C11H19F2NO2.